The van der Waals surface area contributed by atoms with Gasteiger partial charge in [-0.05, 0) is 25.1 Å². The Morgan fingerprint density at radius 1 is 1.24 bits per heavy atom. The summed E-state index contributed by atoms with van der Waals surface area (Å²) in [5.41, 5.74) is 1.17. The molecule has 0 fully saturated rings. The van der Waals surface area contributed by atoms with Gasteiger partial charge in [0.15, 0.2) is 5.69 Å². The largest absolute Gasteiger partial charge is 0.464 e. The average molecular weight is 367 g/mol. The maximum Gasteiger partial charge on any atom is 0.416 e. The van der Waals surface area contributed by atoms with Crippen LogP contribution in [0.25, 0.3) is 16.4 Å². The Bertz CT molecular complexity index is 914. The van der Waals surface area contributed by atoms with Crippen molar-refractivity contribution in [1.82, 2.24) is 14.8 Å². The van der Waals surface area contributed by atoms with Crippen molar-refractivity contribution in [2.24, 2.45) is 0 Å². The summed E-state index contributed by atoms with van der Waals surface area (Å²) in [5.74, 6) is -0.549. The number of halogens is 3. The van der Waals surface area contributed by atoms with Crippen LogP contribution in [0.3, 0.4) is 0 Å². The van der Waals surface area contributed by atoms with Gasteiger partial charge in [0.2, 0.25) is 5.13 Å². The van der Waals surface area contributed by atoms with Gasteiger partial charge >= 0.3 is 12.1 Å². The zero-order valence-electron chi connectivity index (χ0n) is 13.2. The molecule has 0 amide bonds. The van der Waals surface area contributed by atoms with E-state index in [4.69, 9.17) is 4.74 Å². The van der Waals surface area contributed by atoms with Gasteiger partial charge in [0.25, 0.3) is 0 Å². The number of hydrogen-bond donors (Lipinski definition) is 0. The molecular formula is C16H12F3N3O2S. The number of esters is 1. The second-order valence-corrected chi connectivity index (χ2v) is 6.00. The number of aryl methyl sites for hydroxylation is 1. The van der Waals surface area contributed by atoms with Gasteiger partial charge in [0.1, 0.15) is 0 Å². The molecule has 1 aromatic carbocycles. The number of methoxy groups -OCH3 is 1. The number of benzene rings is 1. The number of ether oxygens (including phenoxy) is 1. The molecule has 0 bridgehead atoms. The van der Waals surface area contributed by atoms with Crippen LogP contribution in [-0.4, -0.2) is 27.8 Å². The number of carbonyl (C=O) groups excluding carboxylic acids is 1. The van der Waals surface area contributed by atoms with Crippen LogP contribution >= 0.6 is 11.3 Å². The molecule has 2 heterocycles. The molecule has 0 saturated carbocycles. The van der Waals surface area contributed by atoms with Gasteiger partial charge in [0, 0.05) is 10.9 Å². The molecule has 0 unspecified atom stereocenters. The number of aromatic nitrogens is 3. The second-order valence-electron chi connectivity index (χ2n) is 5.16. The second kappa shape index (κ2) is 6.32. The van der Waals surface area contributed by atoms with Gasteiger partial charge in [-0.2, -0.15) is 23.0 Å². The monoisotopic (exact) mass is 367 g/mol. The number of hydrogen-bond acceptors (Lipinski definition) is 5. The van der Waals surface area contributed by atoms with Crippen LogP contribution < -0.4 is 0 Å². The van der Waals surface area contributed by atoms with Crippen LogP contribution in [0.1, 0.15) is 21.7 Å². The first-order chi connectivity index (χ1) is 11.8. The van der Waals surface area contributed by atoms with Crippen molar-refractivity contribution < 1.29 is 22.7 Å². The third-order valence-corrected chi connectivity index (χ3v) is 4.22. The summed E-state index contributed by atoms with van der Waals surface area (Å²) in [6, 6.07) is 6.30. The van der Waals surface area contributed by atoms with Gasteiger partial charge in [-0.1, -0.05) is 12.1 Å². The molecule has 0 radical (unpaired) electrons. The summed E-state index contributed by atoms with van der Waals surface area (Å²) in [6.45, 7) is 1.73. The fourth-order valence-corrected chi connectivity index (χ4v) is 3.02. The molecule has 9 heteroatoms. The standard InChI is InChI=1S/C16H12F3N3O2S/c1-9-7-13(14(23)24-2)22(21-9)15-20-12(8-25-15)10-3-5-11(6-4-10)16(17,18)19/h3-8H,1-2H3. The molecule has 25 heavy (non-hydrogen) atoms. The van der Waals surface area contributed by atoms with Gasteiger partial charge in [-0.3, -0.25) is 0 Å². The normalized spacial score (nSPS) is 11.6. The molecule has 0 aliphatic carbocycles. The highest BCUT2D eigenvalue weighted by molar-refractivity contribution is 7.12. The van der Waals surface area contributed by atoms with Crippen molar-refractivity contribution >= 4 is 17.3 Å². The molecule has 3 aromatic rings. The lowest BCUT2D eigenvalue weighted by Gasteiger charge is -2.06. The number of nitrogens with zero attached hydrogens (tertiary/aromatic N) is 3. The van der Waals surface area contributed by atoms with Crippen LogP contribution in [-0.2, 0) is 10.9 Å². The van der Waals surface area contributed by atoms with Crippen LogP contribution in [0.5, 0.6) is 0 Å². The molecule has 0 atom stereocenters. The Labute approximate surface area is 144 Å². The fraction of sp³-hybridized carbons (Fsp3) is 0.188. The summed E-state index contributed by atoms with van der Waals surface area (Å²) in [5, 5.41) is 6.33. The minimum Gasteiger partial charge on any atom is -0.464 e. The maximum absolute atomic E-state index is 12.6. The lowest BCUT2D eigenvalue weighted by Crippen LogP contribution is -2.10. The van der Waals surface area contributed by atoms with Crippen molar-refractivity contribution in [3.63, 3.8) is 0 Å². The van der Waals surface area contributed by atoms with E-state index in [2.05, 4.69) is 10.1 Å². The van der Waals surface area contributed by atoms with Crippen LogP contribution in [0, 0.1) is 6.92 Å². The number of thiazole rings is 1. The van der Waals surface area contributed by atoms with Gasteiger partial charge < -0.3 is 4.74 Å². The van der Waals surface area contributed by atoms with Gasteiger partial charge in [-0.25, -0.2) is 9.78 Å². The van der Waals surface area contributed by atoms with E-state index < -0.39 is 17.7 Å². The van der Waals surface area contributed by atoms with Crippen molar-refractivity contribution in [2.45, 2.75) is 13.1 Å². The molecular weight excluding hydrogens is 355 g/mol. The van der Waals surface area contributed by atoms with E-state index in [0.29, 0.717) is 22.1 Å². The molecule has 0 saturated heterocycles. The van der Waals surface area contributed by atoms with E-state index >= 15 is 0 Å². The van der Waals surface area contributed by atoms with Crippen molar-refractivity contribution in [3.8, 4) is 16.4 Å². The Morgan fingerprint density at radius 2 is 1.92 bits per heavy atom. The highest BCUT2D eigenvalue weighted by Gasteiger charge is 2.30. The van der Waals surface area contributed by atoms with E-state index in [1.54, 1.807) is 18.4 Å². The summed E-state index contributed by atoms with van der Waals surface area (Å²) < 4.78 is 44.0. The van der Waals surface area contributed by atoms with Gasteiger partial charge in [0.05, 0.1) is 24.1 Å². The number of alkyl halides is 3. The van der Waals surface area contributed by atoms with E-state index in [0.717, 1.165) is 12.1 Å². The quantitative estimate of drug-likeness (QED) is 0.654. The minimum absolute atomic E-state index is 0.230. The Kier molecular flexibility index (Phi) is 4.34. The predicted molar refractivity (Wildman–Crippen MR) is 85.8 cm³/mol. The summed E-state index contributed by atoms with van der Waals surface area (Å²) >= 11 is 1.22. The molecule has 0 N–H and O–H groups in total. The molecule has 0 aliphatic rings. The topological polar surface area (TPSA) is 57.0 Å². The molecule has 130 valence electrons. The van der Waals surface area contributed by atoms with E-state index in [-0.39, 0.29) is 5.69 Å². The fourth-order valence-electron chi connectivity index (χ4n) is 2.22. The van der Waals surface area contributed by atoms with Gasteiger partial charge in [-0.15, -0.1) is 11.3 Å². The first kappa shape index (κ1) is 17.2. The van der Waals surface area contributed by atoms with Crippen molar-refractivity contribution in [2.75, 3.05) is 7.11 Å². The zero-order valence-corrected chi connectivity index (χ0v) is 14.0. The van der Waals surface area contributed by atoms with Crippen molar-refractivity contribution in [3.05, 3.63) is 52.7 Å². The number of carbonyl (C=O) groups is 1. The lowest BCUT2D eigenvalue weighted by atomic mass is 10.1. The smallest absolute Gasteiger partial charge is 0.416 e. The Balaban J connectivity index is 1.95. The van der Waals surface area contributed by atoms with E-state index in [1.807, 2.05) is 0 Å². The minimum atomic E-state index is -4.38. The first-order valence-electron chi connectivity index (χ1n) is 7.08. The number of rotatable bonds is 3. The van der Waals surface area contributed by atoms with E-state index in [9.17, 15) is 18.0 Å². The molecule has 0 aliphatic heterocycles. The predicted octanol–water partition coefficient (Wildman–Crippen LogP) is 4.11. The average Bonchev–Trinajstić information content (AvgIpc) is 3.20. The lowest BCUT2D eigenvalue weighted by molar-refractivity contribution is -0.137. The highest BCUT2D eigenvalue weighted by Crippen LogP contribution is 2.31. The van der Waals surface area contributed by atoms with E-state index in [1.165, 1.54) is 35.3 Å². The first-order valence-corrected chi connectivity index (χ1v) is 7.96. The third kappa shape index (κ3) is 3.41. The molecule has 2 aromatic heterocycles. The maximum atomic E-state index is 12.6. The Morgan fingerprint density at radius 3 is 2.52 bits per heavy atom. The van der Waals surface area contributed by atoms with Crippen LogP contribution in [0.15, 0.2) is 35.7 Å². The summed E-state index contributed by atoms with van der Waals surface area (Å²) in [7, 11) is 1.27. The molecule has 5 nitrogen and oxygen atoms in total. The summed E-state index contributed by atoms with van der Waals surface area (Å²) in [6.07, 6.45) is -4.38. The molecule has 0 spiro atoms. The van der Waals surface area contributed by atoms with Crippen LogP contribution in [0.4, 0.5) is 13.2 Å². The third-order valence-electron chi connectivity index (χ3n) is 3.41. The SMILES string of the molecule is COC(=O)c1cc(C)nn1-c1nc(-c2ccc(C(F)(F)F)cc2)cs1. The van der Waals surface area contributed by atoms with Crippen LogP contribution in [0.2, 0.25) is 0 Å². The molecule has 3 rings (SSSR count). The summed E-state index contributed by atoms with van der Waals surface area (Å²) in [4.78, 5) is 16.2. The van der Waals surface area contributed by atoms with Crippen molar-refractivity contribution in [1.29, 1.82) is 0 Å². The highest BCUT2D eigenvalue weighted by atomic mass is 32.1. The zero-order chi connectivity index (χ0) is 18.2. The Hall–Kier alpha value is -2.68.